The number of carbonyl (C=O) groups excluding carboxylic acids is 2. The molecule has 136 valence electrons. The molecule has 6 nitrogen and oxygen atoms in total. The van der Waals surface area contributed by atoms with Gasteiger partial charge in [0, 0.05) is 43.3 Å². The van der Waals surface area contributed by atoms with Gasteiger partial charge in [0.25, 0.3) is 5.91 Å². The van der Waals surface area contributed by atoms with Crippen LogP contribution in [0.4, 0.5) is 0 Å². The highest BCUT2D eigenvalue weighted by atomic mass is 35.5. The zero-order chi connectivity index (χ0) is 18.1. The number of hydrogen-bond acceptors (Lipinski definition) is 3. The first-order valence-corrected chi connectivity index (χ1v) is 9.39. The summed E-state index contributed by atoms with van der Waals surface area (Å²) in [6, 6.07) is 7.64. The fourth-order valence-electron chi connectivity index (χ4n) is 3.81. The van der Waals surface area contributed by atoms with E-state index in [-0.39, 0.29) is 17.9 Å². The summed E-state index contributed by atoms with van der Waals surface area (Å²) in [6.45, 7) is 2.22. The number of amides is 2. The van der Waals surface area contributed by atoms with Crippen LogP contribution < -0.4 is 0 Å². The van der Waals surface area contributed by atoms with E-state index < -0.39 is 0 Å². The third kappa shape index (κ3) is 3.33. The van der Waals surface area contributed by atoms with Gasteiger partial charge in [-0.15, -0.1) is 0 Å². The van der Waals surface area contributed by atoms with Gasteiger partial charge in [0.2, 0.25) is 5.91 Å². The van der Waals surface area contributed by atoms with Crippen molar-refractivity contribution in [1.82, 2.24) is 19.6 Å². The molecule has 0 aliphatic carbocycles. The molecule has 0 bridgehead atoms. The minimum absolute atomic E-state index is 0.00974. The molecule has 2 saturated heterocycles. The molecule has 2 fully saturated rings. The van der Waals surface area contributed by atoms with Gasteiger partial charge in [-0.25, -0.2) is 4.68 Å². The van der Waals surface area contributed by atoms with E-state index in [0.29, 0.717) is 30.1 Å². The fourth-order valence-corrected chi connectivity index (χ4v) is 4.00. The third-order valence-corrected chi connectivity index (χ3v) is 5.44. The molecule has 2 aliphatic heterocycles. The SMILES string of the molecule is O=C(c1cnn(-c2cccc(Cl)c2)c1)N1CCC(N2CCCC2=O)CC1. The first-order valence-electron chi connectivity index (χ1n) is 9.01. The highest BCUT2D eigenvalue weighted by Crippen LogP contribution is 2.23. The number of nitrogens with zero attached hydrogens (tertiary/aromatic N) is 4. The van der Waals surface area contributed by atoms with Crippen LogP contribution in [0.25, 0.3) is 5.69 Å². The molecule has 1 aromatic heterocycles. The lowest BCUT2D eigenvalue weighted by atomic mass is 10.0. The minimum Gasteiger partial charge on any atom is -0.340 e. The maximum absolute atomic E-state index is 12.8. The van der Waals surface area contributed by atoms with Crippen molar-refractivity contribution in [2.45, 2.75) is 31.7 Å². The summed E-state index contributed by atoms with van der Waals surface area (Å²) in [7, 11) is 0. The van der Waals surface area contributed by atoms with Crippen molar-refractivity contribution in [3.63, 3.8) is 0 Å². The van der Waals surface area contributed by atoms with E-state index in [1.165, 1.54) is 0 Å². The van der Waals surface area contributed by atoms with Crippen molar-refractivity contribution in [1.29, 1.82) is 0 Å². The third-order valence-electron chi connectivity index (χ3n) is 5.20. The van der Waals surface area contributed by atoms with Gasteiger partial charge < -0.3 is 9.80 Å². The van der Waals surface area contributed by atoms with E-state index in [1.54, 1.807) is 29.2 Å². The Balaban J connectivity index is 1.40. The molecule has 0 radical (unpaired) electrons. The summed E-state index contributed by atoms with van der Waals surface area (Å²) in [6.07, 6.45) is 6.66. The summed E-state index contributed by atoms with van der Waals surface area (Å²) < 4.78 is 1.66. The van der Waals surface area contributed by atoms with Gasteiger partial charge in [0.15, 0.2) is 0 Å². The Morgan fingerprint density at radius 3 is 2.69 bits per heavy atom. The topological polar surface area (TPSA) is 58.4 Å². The van der Waals surface area contributed by atoms with Crippen LogP contribution in [0.5, 0.6) is 0 Å². The summed E-state index contributed by atoms with van der Waals surface area (Å²) in [4.78, 5) is 28.5. The van der Waals surface area contributed by atoms with Crippen LogP contribution in [0.3, 0.4) is 0 Å². The van der Waals surface area contributed by atoms with Crippen molar-refractivity contribution in [3.8, 4) is 5.69 Å². The number of halogens is 1. The van der Waals surface area contributed by atoms with E-state index in [0.717, 1.165) is 31.5 Å². The predicted molar refractivity (Wildman–Crippen MR) is 98.4 cm³/mol. The molecule has 2 amide bonds. The molecule has 2 aromatic rings. The largest absolute Gasteiger partial charge is 0.340 e. The van der Waals surface area contributed by atoms with Crippen molar-refractivity contribution in [3.05, 3.63) is 47.2 Å². The Hall–Kier alpha value is -2.34. The molecule has 3 heterocycles. The molecule has 0 saturated carbocycles. The molecule has 2 aliphatic rings. The van der Waals surface area contributed by atoms with E-state index >= 15 is 0 Å². The molecule has 0 unspecified atom stereocenters. The van der Waals surface area contributed by atoms with Gasteiger partial charge in [-0.3, -0.25) is 9.59 Å². The van der Waals surface area contributed by atoms with E-state index in [4.69, 9.17) is 11.6 Å². The Kier molecular flexibility index (Phi) is 4.68. The Morgan fingerprint density at radius 2 is 2.00 bits per heavy atom. The standard InChI is InChI=1S/C19H21ClN4O2/c20-15-3-1-4-17(11-15)24-13-14(12-21-24)19(26)22-9-6-16(7-10-22)23-8-2-5-18(23)25/h1,3-4,11-13,16H,2,5-10H2. The molecule has 1 aromatic carbocycles. The lowest BCUT2D eigenvalue weighted by molar-refractivity contribution is -0.130. The van der Waals surface area contributed by atoms with Gasteiger partial charge >= 0.3 is 0 Å². The number of rotatable bonds is 3. The van der Waals surface area contributed by atoms with Crippen LogP contribution in [-0.2, 0) is 4.79 Å². The predicted octanol–water partition coefficient (Wildman–Crippen LogP) is 2.75. The highest BCUT2D eigenvalue weighted by molar-refractivity contribution is 6.30. The first-order chi connectivity index (χ1) is 12.6. The Morgan fingerprint density at radius 1 is 1.19 bits per heavy atom. The van der Waals surface area contributed by atoms with Crippen LogP contribution >= 0.6 is 11.6 Å². The van der Waals surface area contributed by atoms with Crippen LogP contribution in [0, 0.1) is 0 Å². The second-order valence-corrected chi connectivity index (χ2v) is 7.30. The number of likely N-dealkylation sites (tertiary alicyclic amines) is 2. The molecule has 26 heavy (non-hydrogen) atoms. The van der Waals surface area contributed by atoms with E-state index in [2.05, 4.69) is 5.10 Å². The van der Waals surface area contributed by atoms with Gasteiger partial charge in [-0.05, 0) is 37.5 Å². The van der Waals surface area contributed by atoms with Gasteiger partial charge in [0.05, 0.1) is 17.4 Å². The summed E-state index contributed by atoms with van der Waals surface area (Å²) in [5, 5.41) is 4.92. The molecule has 0 N–H and O–H groups in total. The highest BCUT2D eigenvalue weighted by Gasteiger charge is 2.32. The molecule has 7 heteroatoms. The number of benzene rings is 1. The minimum atomic E-state index is -0.00974. The van der Waals surface area contributed by atoms with Crippen molar-refractivity contribution < 1.29 is 9.59 Å². The van der Waals surface area contributed by atoms with Crippen LogP contribution in [-0.4, -0.2) is 57.1 Å². The number of carbonyl (C=O) groups is 2. The van der Waals surface area contributed by atoms with Crippen LogP contribution in [0.1, 0.15) is 36.0 Å². The van der Waals surface area contributed by atoms with Crippen molar-refractivity contribution >= 4 is 23.4 Å². The van der Waals surface area contributed by atoms with Gasteiger partial charge in [0.1, 0.15) is 0 Å². The summed E-state index contributed by atoms with van der Waals surface area (Å²) in [5.41, 5.74) is 1.39. The first kappa shape index (κ1) is 17.1. The van der Waals surface area contributed by atoms with Crippen molar-refractivity contribution in [2.24, 2.45) is 0 Å². The lowest BCUT2D eigenvalue weighted by Crippen LogP contribution is -2.47. The number of hydrogen-bond donors (Lipinski definition) is 0. The summed E-state index contributed by atoms with van der Waals surface area (Å²) in [5.74, 6) is 0.252. The van der Waals surface area contributed by atoms with Gasteiger partial charge in [-0.2, -0.15) is 5.10 Å². The molecule has 0 spiro atoms. The van der Waals surface area contributed by atoms with E-state index in [1.807, 2.05) is 21.9 Å². The second-order valence-electron chi connectivity index (χ2n) is 6.87. The molecular weight excluding hydrogens is 352 g/mol. The molecule has 0 atom stereocenters. The maximum atomic E-state index is 12.8. The maximum Gasteiger partial charge on any atom is 0.257 e. The number of piperidine rings is 1. The fraction of sp³-hybridized carbons (Fsp3) is 0.421. The normalized spacial score (nSPS) is 18.6. The zero-order valence-corrected chi connectivity index (χ0v) is 15.2. The van der Waals surface area contributed by atoms with E-state index in [9.17, 15) is 9.59 Å². The lowest BCUT2D eigenvalue weighted by Gasteiger charge is -2.36. The molecular formula is C19H21ClN4O2. The zero-order valence-electron chi connectivity index (χ0n) is 14.5. The summed E-state index contributed by atoms with van der Waals surface area (Å²) >= 11 is 6.02. The quantitative estimate of drug-likeness (QED) is 0.832. The molecule has 4 rings (SSSR count). The van der Waals surface area contributed by atoms with Crippen molar-refractivity contribution in [2.75, 3.05) is 19.6 Å². The average molecular weight is 373 g/mol. The second kappa shape index (κ2) is 7.11. The van der Waals surface area contributed by atoms with Crippen LogP contribution in [0.2, 0.25) is 5.02 Å². The van der Waals surface area contributed by atoms with Gasteiger partial charge in [-0.1, -0.05) is 17.7 Å². The van der Waals surface area contributed by atoms with Crippen LogP contribution in [0.15, 0.2) is 36.7 Å². The Bertz CT molecular complexity index is 826. The Labute approximate surface area is 157 Å². The number of aromatic nitrogens is 2. The monoisotopic (exact) mass is 372 g/mol. The average Bonchev–Trinajstić information content (AvgIpc) is 3.30. The smallest absolute Gasteiger partial charge is 0.257 e.